The summed E-state index contributed by atoms with van der Waals surface area (Å²) in [6.45, 7) is 0. The second-order valence-electron chi connectivity index (χ2n) is 13.4. The van der Waals surface area contributed by atoms with Gasteiger partial charge in [-0.3, -0.25) is 0 Å². The fraction of sp³-hybridized carbons (Fsp3) is 0. The highest BCUT2D eigenvalue weighted by molar-refractivity contribution is 7.25. The second-order valence-corrected chi connectivity index (χ2v) is 14.5. The zero-order valence-electron chi connectivity index (χ0n) is 28.4. The maximum atomic E-state index is 2.38. The van der Waals surface area contributed by atoms with E-state index in [4.69, 9.17) is 0 Å². The molecule has 0 spiro atoms. The van der Waals surface area contributed by atoms with Crippen molar-refractivity contribution in [3.05, 3.63) is 200 Å². The summed E-state index contributed by atoms with van der Waals surface area (Å²) in [5, 5.41) is 7.59. The van der Waals surface area contributed by atoms with Gasteiger partial charge in [-0.2, -0.15) is 0 Å². The van der Waals surface area contributed by atoms with Crippen LogP contribution in [0.4, 0.5) is 17.1 Å². The first kappa shape index (κ1) is 30.4. The molecule has 0 N–H and O–H groups in total. The lowest BCUT2D eigenvalue weighted by molar-refractivity contribution is 1.29. The largest absolute Gasteiger partial charge is 0.310 e. The van der Waals surface area contributed by atoms with Gasteiger partial charge in [0.25, 0.3) is 0 Å². The third-order valence-electron chi connectivity index (χ3n) is 10.2. The summed E-state index contributed by atoms with van der Waals surface area (Å²) < 4.78 is 2.64. The van der Waals surface area contributed by atoms with Gasteiger partial charge in [-0.25, -0.2) is 0 Å². The number of nitrogens with zero attached hydrogens (tertiary/aromatic N) is 1. The van der Waals surface area contributed by atoms with Crippen LogP contribution in [0.25, 0.3) is 75.1 Å². The normalized spacial score (nSPS) is 11.5. The van der Waals surface area contributed by atoms with Gasteiger partial charge in [-0.15, -0.1) is 11.3 Å². The highest BCUT2D eigenvalue weighted by atomic mass is 32.1. The van der Waals surface area contributed by atoms with Gasteiger partial charge in [0, 0.05) is 37.2 Å². The number of thiophene rings is 1. The number of rotatable bonds is 6. The van der Waals surface area contributed by atoms with Crippen LogP contribution in [0.5, 0.6) is 0 Å². The van der Waals surface area contributed by atoms with Crippen LogP contribution in [0, 0.1) is 0 Å². The number of fused-ring (bicyclic) bond motifs is 5. The van der Waals surface area contributed by atoms with Crippen molar-refractivity contribution in [2.75, 3.05) is 4.90 Å². The van der Waals surface area contributed by atoms with Gasteiger partial charge in [-0.1, -0.05) is 133 Å². The number of benzene rings is 9. The first-order valence-electron chi connectivity index (χ1n) is 17.7. The molecule has 52 heavy (non-hydrogen) atoms. The van der Waals surface area contributed by atoms with Crippen molar-refractivity contribution in [3.8, 4) is 33.4 Å². The Morgan fingerprint density at radius 1 is 0.308 bits per heavy atom. The van der Waals surface area contributed by atoms with Crippen LogP contribution < -0.4 is 4.90 Å². The van der Waals surface area contributed by atoms with Crippen LogP contribution in [0.1, 0.15) is 0 Å². The van der Waals surface area contributed by atoms with Crippen LogP contribution in [-0.2, 0) is 0 Å². The lowest BCUT2D eigenvalue weighted by atomic mass is 9.96. The SMILES string of the molecule is c1ccc(N(c2cccc(-c3cccc4sc5ccccc5c34)c2)c2ccc3ccc(-c4cccc(-c5ccc6ccccc6c5)c4)cc3c2)cc1. The van der Waals surface area contributed by atoms with E-state index in [1.165, 1.54) is 75.1 Å². The van der Waals surface area contributed by atoms with Crippen LogP contribution in [-0.4, -0.2) is 0 Å². The quantitative estimate of drug-likeness (QED) is 0.169. The fourth-order valence-electron chi connectivity index (χ4n) is 7.65. The Bertz CT molecular complexity index is 2920. The van der Waals surface area contributed by atoms with E-state index in [9.17, 15) is 0 Å². The standard InChI is InChI=1S/C50H33NS/c1-2-16-43(17-3-1)51(44-18-9-15-41(32-44)46-20-10-22-49-50(46)47-19-6-7-21-48(47)52-49)45-28-27-35-24-26-40(31-42(35)33-45)38-14-8-13-37(30-38)39-25-23-34-11-4-5-12-36(34)29-39/h1-33H. The molecule has 0 aliphatic carbocycles. The summed E-state index contributed by atoms with van der Waals surface area (Å²) in [7, 11) is 0. The first-order chi connectivity index (χ1) is 25.7. The van der Waals surface area contributed by atoms with Crippen molar-refractivity contribution in [1.82, 2.24) is 0 Å². The summed E-state index contributed by atoms with van der Waals surface area (Å²) in [5.74, 6) is 0. The Kier molecular flexibility index (Phi) is 7.41. The Balaban J connectivity index is 1.06. The van der Waals surface area contributed by atoms with Gasteiger partial charge < -0.3 is 4.90 Å². The molecule has 1 nitrogen and oxygen atoms in total. The maximum Gasteiger partial charge on any atom is 0.0468 e. The zero-order chi connectivity index (χ0) is 34.4. The highest BCUT2D eigenvalue weighted by Crippen LogP contribution is 2.43. The van der Waals surface area contributed by atoms with Crippen LogP contribution >= 0.6 is 11.3 Å². The van der Waals surface area contributed by atoms with E-state index in [0.717, 1.165) is 17.1 Å². The molecule has 0 saturated heterocycles. The van der Waals surface area contributed by atoms with Crippen molar-refractivity contribution >= 4 is 70.1 Å². The van der Waals surface area contributed by atoms with Gasteiger partial charge in [0.1, 0.15) is 0 Å². The monoisotopic (exact) mass is 679 g/mol. The van der Waals surface area contributed by atoms with E-state index < -0.39 is 0 Å². The molecule has 0 unspecified atom stereocenters. The predicted molar refractivity (Wildman–Crippen MR) is 225 cm³/mol. The highest BCUT2D eigenvalue weighted by Gasteiger charge is 2.16. The Morgan fingerprint density at radius 2 is 0.885 bits per heavy atom. The Labute approximate surface area is 307 Å². The van der Waals surface area contributed by atoms with Crippen LogP contribution in [0.15, 0.2) is 200 Å². The molecule has 0 fully saturated rings. The summed E-state index contributed by atoms with van der Waals surface area (Å²) >= 11 is 1.86. The van der Waals surface area contributed by atoms with Crippen molar-refractivity contribution in [2.24, 2.45) is 0 Å². The lowest BCUT2D eigenvalue weighted by Gasteiger charge is -2.26. The van der Waals surface area contributed by atoms with Gasteiger partial charge in [-0.05, 0) is 122 Å². The molecule has 0 aliphatic rings. The molecular formula is C50H33NS. The third-order valence-corrected chi connectivity index (χ3v) is 11.3. The second kappa shape index (κ2) is 12.7. The predicted octanol–water partition coefficient (Wildman–Crippen LogP) is 14.8. The molecule has 0 atom stereocenters. The number of hydrogen-bond acceptors (Lipinski definition) is 2. The minimum Gasteiger partial charge on any atom is -0.310 e. The molecule has 244 valence electrons. The Morgan fingerprint density at radius 3 is 1.73 bits per heavy atom. The van der Waals surface area contributed by atoms with E-state index >= 15 is 0 Å². The average molecular weight is 680 g/mol. The first-order valence-corrected chi connectivity index (χ1v) is 18.6. The van der Waals surface area contributed by atoms with Gasteiger partial charge in [0.2, 0.25) is 0 Å². The third kappa shape index (κ3) is 5.42. The van der Waals surface area contributed by atoms with E-state index in [2.05, 4.69) is 205 Å². The molecule has 0 radical (unpaired) electrons. The van der Waals surface area contributed by atoms with Crippen molar-refractivity contribution in [2.45, 2.75) is 0 Å². The van der Waals surface area contributed by atoms with Crippen LogP contribution in [0.2, 0.25) is 0 Å². The summed E-state index contributed by atoms with van der Waals surface area (Å²) in [6, 6.07) is 73.0. The van der Waals surface area contributed by atoms with Crippen molar-refractivity contribution < 1.29 is 0 Å². The minimum absolute atomic E-state index is 1.12. The molecular weight excluding hydrogens is 647 g/mol. The Hall–Kier alpha value is -6.48. The van der Waals surface area contributed by atoms with E-state index in [1.807, 2.05) is 11.3 Å². The smallest absolute Gasteiger partial charge is 0.0468 e. The van der Waals surface area contributed by atoms with Gasteiger partial charge >= 0.3 is 0 Å². The summed E-state index contributed by atoms with van der Waals surface area (Å²) in [6.07, 6.45) is 0. The zero-order valence-corrected chi connectivity index (χ0v) is 29.2. The topological polar surface area (TPSA) is 3.24 Å². The number of para-hydroxylation sites is 1. The molecule has 1 heterocycles. The molecule has 10 aromatic rings. The van der Waals surface area contributed by atoms with E-state index in [1.54, 1.807) is 0 Å². The average Bonchev–Trinajstić information content (AvgIpc) is 3.60. The molecule has 0 saturated carbocycles. The molecule has 0 amide bonds. The molecule has 0 bridgehead atoms. The van der Waals surface area contributed by atoms with Crippen molar-refractivity contribution in [1.29, 1.82) is 0 Å². The van der Waals surface area contributed by atoms with Gasteiger partial charge in [0.05, 0.1) is 0 Å². The number of anilines is 3. The number of hydrogen-bond donors (Lipinski definition) is 0. The fourth-order valence-corrected chi connectivity index (χ4v) is 8.78. The molecule has 9 aromatic carbocycles. The van der Waals surface area contributed by atoms with Gasteiger partial charge in [0.15, 0.2) is 0 Å². The molecule has 10 rings (SSSR count). The maximum absolute atomic E-state index is 2.38. The minimum atomic E-state index is 1.12. The van der Waals surface area contributed by atoms with E-state index in [-0.39, 0.29) is 0 Å². The van der Waals surface area contributed by atoms with Crippen LogP contribution in [0.3, 0.4) is 0 Å². The molecule has 1 aromatic heterocycles. The van der Waals surface area contributed by atoms with Crippen molar-refractivity contribution in [3.63, 3.8) is 0 Å². The summed E-state index contributed by atoms with van der Waals surface area (Å²) in [4.78, 5) is 2.38. The molecule has 2 heteroatoms. The summed E-state index contributed by atoms with van der Waals surface area (Å²) in [5.41, 5.74) is 10.7. The molecule has 0 aliphatic heterocycles. The van der Waals surface area contributed by atoms with E-state index in [0.29, 0.717) is 0 Å². The lowest BCUT2D eigenvalue weighted by Crippen LogP contribution is -2.09.